The van der Waals surface area contributed by atoms with Crippen LogP contribution < -0.4 is 10.4 Å². The maximum Gasteiger partial charge on any atom is 0.337 e. The van der Waals surface area contributed by atoms with Gasteiger partial charge in [-0.15, -0.1) is 11.8 Å². The number of benzene rings is 1. The lowest BCUT2D eigenvalue weighted by Gasteiger charge is -2.06. The molecular formula is C14H16O3S. The van der Waals surface area contributed by atoms with Gasteiger partial charge in [-0.25, -0.2) is 4.79 Å². The van der Waals surface area contributed by atoms with E-state index in [4.69, 9.17) is 9.15 Å². The molecule has 1 heterocycles. The quantitative estimate of drug-likeness (QED) is 0.469. The van der Waals surface area contributed by atoms with Gasteiger partial charge < -0.3 is 9.15 Å². The average Bonchev–Trinajstić information content (AvgIpc) is 2.38. The van der Waals surface area contributed by atoms with Crippen molar-refractivity contribution in [1.82, 2.24) is 0 Å². The maximum atomic E-state index is 11.5. The lowest BCUT2D eigenvalue weighted by atomic mass is 10.2. The molecule has 1 aromatic heterocycles. The van der Waals surface area contributed by atoms with Crippen molar-refractivity contribution in [1.29, 1.82) is 0 Å². The van der Waals surface area contributed by atoms with Crippen molar-refractivity contribution in [3.05, 3.63) is 34.7 Å². The minimum atomic E-state index is -0.310. The molecule has 0 aliphatic heterocycles. The Morgan fingerprint density at radius 3 is 2.89 bits per heavy atom. The summed E-state index contributed by atoms with van der Waals surface area (Å²) in [5.41, 5.74) is 0.274. The van der Waals surface area contributed by atoms with Crippen LogP contribution in [0.3, 0.4) is 0 Å². The number of fused-ring (bicyclic) bond motifs is 1. The number of unbranched alkanes of at least 4 members (excludes halogenated alkanes) is 1. The molecule has 18 heavy (non-hydrogen) atoms. The van der Waals surface area contributed by atoms with Crippen LogP contribution in [0.25, 0.3) is 11.0 Å². The van der Waals surface area contributed by atoms with E-state index in [9.17, 15) is 4.79 Å². The molecule has 0 aliphatic carbocycles. The standard InChI is InChI=1S/C14H16O3S/c1-3-4-7-18-13-9-14(15)17-12-8-10(16-2)5-6-11(12)13/h5-6,8-9H,3-4,7H2,1-2H3. The van der Waals surface area contributed by atoms with E-state index in [-0.39, 0.29) is 5.63 Å². The Bertz CT molecular complexity index is 589. The fourth-order valence-corrected chi connectivity index (χ4v) is 2.84. The van der Waals surface area contributed by atoms with Gasteiger partial charge >= 0.3 is 5.63 Å². The van der Waals surface area contributed by atoms with E-state index in [1.165, 1.54) is 0 Å². The van der Waals surface area contributed by atoms with E-state index in [0.29, 0.717) is 11.3 Å². The van der Waals surface area contributed by atoms with Crippen LogP contribution >= 0.6 is 11.8 Å². The third-order valence-corrected chi connectivity index (χ3v) is 3.81. The zero-order valence-corrected chi connectivity index (χ0v) is 11.4. The first-order valence-electron chi connectivity index (χ1n) is 5.99. The van der Waals surface area contributed by atoms with Gasteiger partial charge in [-0.2, -0.15) is 0 Å². The van der Waals surface area contributed by atoms with Gasteiger partial charge in [0.25, 0.3) is 0 Å². The Balaban J connectivity index is 2.42. The molecule has 0 bridgehead atoms. The molecule has 0 saturated carbocycles. The lowest BCUT2D eigenvalue weighted by molar-refractivity contribution is 0.414. The maximum absolute atomic E-state index is 11.5. The summed E-state index contributed by atoms with van der Waals surface area (Å²) in [6.07, 6.45) is 2.29. The van der Waals surface area contributed by atoms with E-state index < -0.39 is 0 Å². The predicted molar refractivity (Wildman–Crippen MR) is 74.7 cm³/mol. The Labute approximate surface area is 110 Å². The van der Waals surface area contributed by atoms with Crippen molar-refractivity contribution in [2.75, 3.05) is 12.9 Å². The van der Waals surface area contributed by atoms with Crippen molar-refractivity contribution in [2.45, 2.75) is 24.7 Å². The van der Waals surface area contributed by atoms with Crippen molar-refractivity contribution >= 4 is 22.7 Å². The molecular weight excluding hydrogens is 248 g/mol. The summed E-state index contributed by atoms with van der Waals surface area (Å²) in [6, 6.07) is 7.13. The molecule has 0 unspecified atom stereocenters. The molecule has 3 nitrogen and oxygen atoms in total. The molecule has 0 aliphatic rings. The Morgan fingerprint density at radius 2 is 2.17 bits per heavy atom. The van der Waals surface area contributed by atoms with E-state index in [1.807, 2.05) is 12.1 Å². The van der Waals surface area contributed by atoms with Gasteiger partial charge in [0, 0.05) is 22.4 Å². The van der Waals surface area contributed by atoms with Gasteiger partial charge in [0.05, 0.1) is 7.11 Å². The van der Waals surface area contributed by atoms with E-state index >= 15 is 0 Å². The topological polar surface area (TPSA) is 39.4 Å². The smallest absolute Gasteiger partial charge is 0.337 e. The molecule has 4 heteroatoms. The Hall–Kier alpha value is -1.42. The van der Waals surface area contributed by atoms with Crippen LogP contribution in [0, 0.1) is 0 Å². The largest absolute Gasteiger partial charge is 0.497 e. The van der Waals surface area contributed by atoms with E-state index in [0.717, 1.165) is 28.9 Å². The van der Waals surface area contributed by atoms with Gasteiger partial charge in [0.15, 0.2) is 0 Å². The van der Waals surface area contributed by atoms with Crippen LogP contribution in [-0.2, 0) is 0 Å². The van der Waals surface area contributed by atoms with Gasteiger partial charge in [-0.3, -0.25) is 0 Å². The number of rotatable bonds is 5. The second-order valence-electron chi connectivity index (χ2n) is 3.99. The summed E-state index contributed by atoms with van der Waals surface area (Å²) in [5, 5.41) is 0.969. The molecule has 0 fully saturated rings. The van der Waals surface area contributed by atoms with Crippen molar-refractivity contribution in [3.63, 3.8) is 0 Å². The molecule has 0 N–H and O–H groups in total. The monoisotopic (exact) mass is 264 g/mol. The molecule has 0 spiro atoms. The highest BCUT2D eigenvalue weighted by Crippen LogP contribution is 2.29. The first kappa shape index (κ1) is 13.0. The van der Waals surface area contributed by atoms with Crippen LogP contribution in [0.5, 0.6) is 5.75 Å². The van der Waals surface area contributed by atoms with Crippen molar-refractivity contribution < 1.29 is 9.15 Å². The third kappa shape index (κ3) is 2.88. The van der Waals surface area contributed by atoms with Gasteiger partial charge in [-0.1, -0.05) is 13.3 Å². The minimum absolute atomic E-state index is 0.310. The number of ether oxygens (including phenoxy) is 1. The molecule has 2 aromatic rings. The molecule has 0 radical (unpaired) electrons. The highest BCUT2D eigenvalue weighted by molar-refractivity contribution is 7.99. The summed E-state index contributed by atoms with van der Waals surface area (Å²) in [4.78, 5) is 12.5. The first-order valence-corrected chi connectivity index (χ1v) is 6.98. The Morgan fingerprint density at radius 1 is 1.33 bits per heavy atom. The second kappa shape index (κ2) is 5.96. The van der Waals surface area contributed by atoms with Crippen molar-refractivity contribution in [3.8, 4) is 5.75 Å². The highest BCUT2D eigenvalue weighted by Gasteiger charge is 2.07. The summed E-state index contributed by atoms with van der Waals surface area (Å²) < 4.78 is 10.3. The number of methoxy groups -OCH3 is 1. The van der Waals surface area contributed by atoms with Gasteiger partial charge in [0.2, 0.25) is 0 Å². The zero-order chi connectivity index (χ0) is 13.0. The van der Waals surface area contributed by atoms with Crippen LogP contribution in [0.15, 0.2) is 38.4 Å². The molecule has 96 valence electrons. The number of hydrogen-bond acceptors (Lipinski definition) is 4. The molecule has 0 atom stereocenters. The van der Waals surface area contributed by atoms with E-state index in [1.54, 1.807) is 31.0 Å². The number of thioether (sulfide) groups is 1. The van der Waals surface area contributed by atoms with Gasteiger partial charge in [0.1, 0.15) is 11.3 Å². The molecule has 1 aromatic carbocycles. The normalized spacial score (nSPS) is 10.8. The molecule has 0 amide bonds. The molecule has 2 rings (SSSR count). The summed E-state index contributed by atoms with van der Waals surface area (Å²) in [6.45, 7) is 2.16. The second-order valence-corrected chi connectivity index (χ2v) is 5.13. The van der Waals surface area contributed by atoms with Crippen LogP contribution in [0.2, 0.25) is 0 Å². The lowest BCUT2D eigenvalue weighted by Crippen LogP contribution is -1.98. The first-order chi connectivity index (χ1) is 8.74. The SMILES string of the molecule is CCCCSc1cc(=O)oc2cc(OC)ccc12. The number of hydrogen-bond donors (Lipinski definition) is 0. The fraction of sp³-hybridized carbons (Fsp3) is 0.357. The predicted octanol–water partition coefficient (Wildman–Crippen LogP) is 3.69. The summed E-state index contributed by atoms with van der Waals surface area (Å²) >= 11 is 1.70. The average molecular weight is 264 g/mol. The summed E-state index contributed by atoms with van der Waals surface area (Å²) in [7, 11) is 1.60. The summed E-state index contributed by atoms with van der Waals surface area (Å²) in [5.74, 6) is 1.71. The highest BCUT2D eigenvalue weighted by atomic mass is 32.2. The molecule has 0 saturated heterocycles. The third-order valence-electron chi connectivity index (χ3n) is 2.67. The Kier molecular flexibility index (Phi) is 4.31. The van der Waals surface area contributed by atoms with Crippen molar-refractivity contribution in [2.24, 2.45) is 0 Å². The van der Waals surface area contributed by atoms with Crippen LogP contribution in [0.4, 0.5) is 0 Å². The zero-order valence-electron chi connectivity index (χ0n) is 10.6. The van der Waals surface area contributed by atoms with Crippen LogP contribution in [0.1, 0.15) is 19.8 Å². The van der Waals surface area contributed by atoms with E-state index in [2.05, 4.69) is 6.92 Å². The fourth-order valence-electron chi connectivity index (χ4n) is 1.69. The van der Waals surface area contributed by atoms with Gasteiger partial charge in [-0.05, 0) is 24.3 Å². The van der Waals surface area contributed by atoms with Crippen LogP contribution in [-0.4, -0.2) is 12.9 Å². The minimum Gasteiger partial charge on any atom is -0.497 e.